The van der Waals surface area contributed by atoms with Crippen molar-refractivity contribution in [2.75, 3.05) is 0 Å². The molecule has 9 nitrogen and oxygen atoms in total. The Hall–Kier alpha value is -3.18. The van der Waals surface area contributed by atoms with Gasteiger partial charge in [-0.2, -0.15) is 9.78 Å². The molecule has 0 saturated heterocycles. The molecule has 0 bridgehead atoms. The van der Waals surface area contributed by atoms with Gasteiger partial charge in [-0.05, 0) is 30.3 Å². The van der Waals surface area contributed by atoms with Gasteiger partial charge in [-0.3, -0.25) is 15.0 Å². The van der Waals surface area contributed by atoms with Gasteiger partial charge in [-0.15, -0.1) is 4.83 Å². The van der Waals surface area contributed by atoms with E-state index in [-0.39, 0.29) is 20.6 Å². The van der Waals surface area contributed by atoms with Gasteiger partial charge in [0.25, 0.3) is 21.5 Å². The molecule has 1 amide bonds. The number of hydrazine groups is 1. The molecule has 0 aliphatic rings. The van der Waals surface area contributed by atoms with Crippen molar-refractivity contribution in [3.63, 3.8) is 0 Å². The van der Waals surface area contributed by atoms with Crippen LogP contribution < -0.4 is 15.8 Å². The van der Waals surface area contributed by atoms with Gasteiger partial charge in [0.15, 0.2) is 0 Å². The molecule has 4 rings (SSSR count). The van der Waals surface area contributed by atoms with Crippen LogP contribution in [0.25, 0.3) is 16.6 Å². The van der Waals surface area contributed by atoms with E-state index < -0.39 is 21.5 Å². The second kappa shape index (κ2) is 8.16. The standard InChI is InChI=1S/C19H13Cl2N5O4S/c20-15-10-23-26(19(28)17(15)21)11-5-7-12(8-6-11)31(29,30)25-24-18(27)14-9-22-16-4-2-1-3-13(14)16/h1-10,22,25H,(H,24,27). The highest BCUT2D eigenvalue weighted by molar-refractivity contribution is 7.89. The van der Waals surface area contributed by atoms with Crippen LogP contribution in [-0.2, 0) is 10.0 Å². The number of H-pyrrole nitrogens is 1. The number of fused-ring (bicyclic) bond motifs is 1. The molecule has 2 aromatic heterocycles. The monoisotopic (exact) mass is 477 g/mol. The first-order valence-electron chi connectivity index (χ1n) is 8.70. The number of para-hydroxylation sites is 1. The Labute approximate surface area is 185 Å². The summed E-state index contributed by atoms with van der Waals surface area (Å²) in [6.45, 7) is 0. The Morgan fingerprint density at radius 1 is 1.06 bits per heavy atom. The van der Waals surface area contributed by atoms with Gasteiger partial charge in [0.2, 0.25) is 0 Å². The Kier molecular flexibility index (Phi) is 5.54. The molecular weight excluding hydrogens is 465 g/mol. The summed E-state index contributed by atoms with van der Waals surface area (Å²) in [5.41, 5.74) is 2.86. The molecule has 2 aromatic carbocycles. The molecule has 0 radical (unpaired) electrons. The molecule has 0 aliphatic carbocycles. The molecule has 4 aromatic rings. The molecule has 158 valence electrons. The van der Waals surface area contributed by atoms with Crippen molar-refractivity contribution in [2.45, 2.75) is 4.90 Å². The van der Waals surface area contributed by atoms with E-state index in [2.05, 4.69) is 20.3 Å². The average molecular weight is 478 g/mol. The summed E-state index contributed by atoms with van der Waals surface area (Å²) < 4.78 is 26.0. The number of hydrogen-bond donors (Lipinski definition) is 3. The zero-order chi connectivity index (χ0) is 22.2. The van der Waals surface area contributed by atoms with Gasteiger partial charge in [-0.25, -0.2) is 8.42 Å². The number of aromatic nitrogens is 3. The SMILES string of the molecule is O=C(NNS(=O)(=O)c1ccc(-n2ncc(Cl)c(Cl)c2=O)cc1)c1c[nH]c2ccccc12. The lowest BCUT2D eigenvalue weighted by Crippen LogP contribution is -2.41. The second-order valence-corrected chi connectivity index (χ2v) is 8.79. The number of rotatable bonds is 5. The molecule has 0 unspecified atom stereocenters. The van der Waals surface area contributed by atoms with E-state index in [0.717, 1.165) is 10.2 Å². The van der Waals surface area contributed by atoms with Crippen molar-refractivity contribution < 1.29 is 13.2 Å². The van der Waals surface area contributed by atoms with Gasteiger partial charge < -0.3 is 4.98 Å². The molecule has 2 heterocycles. The van der Waals surface area contributed by atoms with E-state index in [4.69, 9.17) is 23.2 Å². The molecule has 3 N–H and O–H groups in total. The molecule has 0 atom stereocenters. The van der Waals surface area contributed by atoms with E-state index in [9.17, 15) is 18.0 Å². The molecule has 0 aliphatic heterocycles. The zero-order valence-corrected chi connectivity index (χ0v) is 17.8. The smallest absolute Gasteiger partial charge is 0.291 e. The number of hydrogen-bond acceptors (Lipinski definition) is 5. The molecule has 0 spiro atoms. The maximum atomic E-state index is 12.5. The van der Waals surface area contributed by atoms with Crippen molar-refractivity contribution in [1.29, 1.82) is 0 Å². The predicted molar refractivity (Wildman–Crippen MR) is 116 cm³/mol. The number of aromatic amines is 1. The fourth-order valence-corrected chi connectivity index (χ4v) is 3.95. The molecular formula is C19H13Cl2N5O4S. The van der Waals surface area contributed by atoms with Crippen LogP contribution in [0.2, 0.25) is 10.0 Å². The summed E-state index contributed by atoms with van der Waals surface area (Å²) in [6.07, 6.45) is 2.70. The minimum Gasteiger partial charge on any atom is -0.360 e. The quantitative estimate of drug-likeness (QED) is 0.381. The minimum atomic E-state index is -4.07. The second-order valence-electron chi connectivity index (χ2n) is 6.32. The van der Waals surface area contributed by atoms with Gasteiger partial charge in [0, 0.05) is 17.1 Å². The highest BCUT2D eigenvalue weighted by atomic mass is 35.5. The Morgan fingerprint density at radius 3 is 2.52 bits per heavy atom. The van der Waals surface area contributed by atoms with Gasteiger partial charge in [0.1, 0.15) is 5.02 Å². The van der Waals surface area contributed by atoms with Crippen molar-refractivity contribution in [3.05, 3.63) is 86.9 Å². The maximum absolute atomic E-state index is 12.5. The lowest BCUT2D eigenvalue weighted by Gasteiger charge is -2.10. The number of benzene rings is 2. The van der Waals surface area contributed by atoms with E-state index in [0.29, 0.717) is 10.9 Å². The largest absolute Gasteiger partial charge is 0.360 e. The average Bonchev–Trinajstić information content (AvgIpc) is 3.20. The van der Waals surface area contributed by atoms with Gasteiger partial charge in [-0.1, -0.05) is 41.4 Å². The first-order valence-corrected chi connectivity index (χ1v) is 10.9. The topological polar surface area (TPSA) is 126 Å². The lowest BCUT2D eigenvalue weighted by atomic mass is 10.2. The van der Waals surface area contributed by atoms with Crippen LogP contribution in [0.4, 0.5) is 0 Å². The lowest BCUT2D eigenvalue weighted by molar-refractivity contribution is 0.0947. The van der Waals surface area contributed by atoms with E-state index in [1.807, 2.05) is 6.07 Å². The molecule has 0 fully saturated rings. The highest BCUT2D eigenvalue weighted by Crippen LogP contribution is 2.18. The number of nitrogens with zero attached hydrogens (tertiary/aromatic N) is 2. The third-order valence-electron chi connectivity index (χ3n) is 4.40. The van der Waals surface area contributed by atoms with Crippen LogP contribution in [0.3, 0.4) is 0 Å². The summed E-state index contributed by atoms with van der Waals surface area (Å²) in [6, 6.07) is 12.4. The summed E-state index contributed by atoms with van der Waals surface area (Å²) in [5.74, 6) is -0.621. The van der Waals surface area contributed by atoms with E-state index in [1.165, 1.54) is 36.7 Å². The van der Waals surface area contributed by atoms with Gasteiger partial charge >= 0.3 is 0 Å². The summed E-state index contributed by atoms with van der Waals surface area (Å²) in [4.78, 5) is 29.4. The van der Waals surface area contributed by atoms with Crippen LogP contribution in [0, 0.1) is 0 Å². The predicted octanol–water partition coefficient (Wildman–Crippen LogP) is 2.64. The Balaban J connectivity index is 1.52. The third-order valence-corrected chi connectivity index (χ3v) is 6.41. The summed E-state index contributed by atoms with van der Waals surface area (Å²) in [5, 5.41) is 4.34. The van der Waals surface area contributed by atoms with E-state index >= 15 is 0 Å². The zero-order valence-electron chi connectivity index (χ0n) is 15.5. The van der Waals surface area contributed by atoms with Crippen LogP contribution >= 0.6 is 23.2 Å². The first kappa shape index (κ1) is 21.1. The third kappa shape index (κ3) is 4.06. The number of carbonyl (C=O) groups excluding carboxylic acids is 1. The summed E-state index contributed by atoms with van der Waals surface area (Å²) >= 11 is 11.6. The minimum absolute atomic E-state index is 0.0113. The number of halogens is 2. The molecule has 12 heteroatoms. The van der Waals surface area contributed by atoms with Crippen LogP contribution in [0.5, 0.6) is 0 Å². The number of amides is 1. The van der Waals surface area contributed by atoms with Crippen LogP contribution in [0.1, 0.15) is 10.4 Å². The molecule has 0 saturated carbocycles. The van der Waals surface area contributed by atoms with Crippen LogP contribution in [0.15, 0.2) is 70.6 Å². The maximum Gasteiger partial charge on any atom is 0.291 e. The van der Waals surface area contributed by atoms with E-state index in [1.54, 1.807) is 18.2 Å². The fraction of sp³-hybridized carbons (Fsp3) is 0. The van der Waals surface area contributed by atoms with Gasteiger partial charge in [0.05, 0.1) is 27.4 Å². The van der Waals surface area contributed by atoms with Crippen molar-refractivity contribution in [2.24, 2.45) is 0 Å². The normalized spacial score (nSPS) is 11.5. The van der Waals surface area contributed by atoms with Crippen molar-refractivity contribution in [3.8, 4) is 5.69 Å². The van der Waals surface area contributed by atoms with Crippen molar-refractivity contribution in [1.82, 2.24) is 25.0 Å². The number of sulfonamides is 1. The van der Waals surface area contributed by atoms with Crippen molar-refractivity contribution >= 4 is 50.0 Å². The Bertz CT molecular complexity index is 1460. The Morgan fingerprint density at radius 2 is 1.77 bits per heavy atom. The highest BCUT2D eigenvalue weighted by Gasteiger charge is 2.18. The number of nitrogens with one attached hydrogen (secondary N) is 3. The summed E-state index contributed by atoms with van der Waals surface area (Å²) in [7, 11) is -4.07. The fourth-order valence-electron chi connectivity index (χ4n) is 2.86. The number of carbonyl (C=O) groups is 1. The van der Waals surface area contributed by atoms with Crippen LogP contribution in [-0.4, -0.2) is 29.1 Å². The first-order chi connectivity index (χ1) is 14.8. The molecule has 31 heavy (non-hydrogen) atoms.